The van der Waals surface area contributed by atoms with Crippen LogP contribution in [0.15, 0.2) is 12.7 Å². The fourth-order valence-electron chi connectivity index (χ4n) is 1.69. The zero-order chi connectivity index (χ0) is 11.1. The van der Waals surface area contributed by atoms with Gasteiger partial charge in [-0.05, 0) is 12.8 Å². The summed E-state index contributed by atoms with van der Waals surface area (Å²) >= 11 is 0. The first-order valence-electron chi connectivity index (χ1n) is 5.75. The van der Waals surface area contributed by atoms with Crippen LogP contribution in [0.3, 0.4) is 0 Å². The summed E-state index contributed by atoms with van der Waals surface area (Å²) in [7, 11) is 0. The quantitative estimate of drug-likeness (QED) is 0.702. The van der Waals surface area contributed by atoms with Gasteiger partial charge in [0.1, 0.15) is 12.7 Å². The second-order valence-corrected chi connectivity index (χ2v) is 4.13. The monoisotopic (exact) mass is 211 g/mol. The van der Waals surface area contributed by atoms with Gasteiger partial charge in [0.2, 0.25) is 0 Å². The molecule has 0 bridgehead atoms. The normalized spacial score (nSPS) is 15.1. The average Bonchev–Trinajstić information content (AvgIpc) is 2.71. The van der Waals surface area contributed by atoms with E-state index in [2.05, 4.69) is 17.0 Å². The van der Waals surface area contributed by atoms with Crippen molar-refractivity contribution in [2.75, 3.05) is 0 Å². The first-order valence-corrected chi connectivity index (χ1v) is 5.75. The van der Waals surface area contributed by atoms with Gasteiger partial charge < -0.3 is 5.11 Å². The number of unbranched alkanes of at least 4 members (excludes halogenated alkanes) is 2. The highest BCUT2D eigenvalue weighted by Gasteiger charge is 2.24. The second kappa shape index (κ2) is 5.85. The fraction of sp³-hybridized carbons (Fsp3) is 0.818. The molecule has 0 aliphatic carbocycles. The van der Waals surface area contributed by atoms with Crippen molar-refractivity contribution in [2.45, 2.75) is 58.1 Å². The average molecular weight is 211 g/mol. The molecule has 1 heterocycles. The highest BCUT2D eigenvalue weighted by atomic mass is 16.3. The molecule has 0 aromatic carbocycles. The summed E-state index contributed by atoms with van der Waals surface area (Å²) in [5.74, 6) is 0. The maximum Gasteiger partial charge on any atom is 0.137 e. The number of nitrogens with zero attached hydrogens (tertiary/aromatic N) is 3. The van der Waals surface area contributed by atoms with Crippen LogP contribution in [-0.2, 0) is 6.54 Å². The van der Waals surface area contributed by atoms with Gasteiger partial charge in [0.05, 0.1) is 12.1 Å². The molecule has 0 saturated carbocycles. The summed E-state index contributed by atoms with van der Waals surface area (Å²) in [5, 5.41) is 14.4. The van der Waals surface area contributed by atoms with Crippen molar-refractivity contribution in [3.8, 4) is 0 Å². The Morgan fingerprint density at radius 3 is 2.67 bits per heavy atom. The van der Waals surface area contributed by atoms with E-state index >= 15 is 0 Å². The lowest BCUT2D eigenvalue weighted by atomic mass is 9.93. The van der Waals surface area contributed by atoms with E-state index in [1.165, 1.54) is 19.2 Å². The smallest absolute Gasteiger partial charge is 0.137 e. The summed E-state index contributed by atoms with van der Waals surface area (Å²) < 4.78 is 1.70. The molecule has 0 fully saturated rings. The van der Waals surface area contributed by atoms with E-state index in [-0.39, 0.29) is 0 Å². The molecule has 0 spiro atoms. The summed E-state index contributed by atoms with van der Waals surface area (Å²) in [5.41, 5.74) is -0.622. The zero-order valence-electron chi connectivity index (χ0n) is 9.69. The predicted octanol–water partition coefficient (Wildman–Crippen LogP) is 2.00. The molecule has 4 nitrogen and oxygen atoms in total. The summed E-state index contributed by atoms with van der Waals surface area (Å²) in [4.78, 5) is 3.88. The molecule has 0 radical (unpaired) electrons. The van der Waals surface area contributed by atoms with E-state index in [1.54, 1.807) is 11.0 Å². The molecule has 4 heteroatoms. The van der Waals surface area contributed by atoms with E-state index in [1.807, 2.05) is 6.92 Å². The molecular weight excluding hydrogens is 190 g/mol. The largest absolute Gasteiger partial charge is 0.388 e. The third-order valence-corrected chi connectivity index (χ3v) is 2.83. The van der Waals surface area contributed by atoms with E-state index < -0.39 is 5.60 Å². The maximum absolute atomic E-state index is 10.3. The van der Waals surface area contributed by atoms with Crippen molar-refractivity contribution in [1.82, 2.24) is 14.8 Å². The van der Waals surface area contributed by atoms with Gasteiger partial charge in [-0.1, -0.05) is 33.1 Å². The minimum absolute atomic E-state index is 0.549. The minimum atomic E-state index is -0.622. The Morgan fingerprint density at radius 1 is 1.33 bits per heavy atom. The van der Waals surface area contributed by atoms with Gasteiger partial charge in [-0.15, -0.1) is 0 Å². The van der Waals surface area contributed by atoms with Crippen molar-refractivity contribution in [3.05, 3.63) is 12.7 Å². The van der Waals surface area contributed by atoms with E-state index in [0.717, 1.165) is 19.3 Å². The van der Waals surface area contributed by atoms with Crippen LogP contribution in [0.25, 0.3) is 0 Å². The fourth-order valence-corrected chi connectivity index (χ4v) is 1.69. The Balaban J connectivity index is 2.44. The lowest BCUT2D eigenvalue weighted by Crippen LogP contribution is -2.33. The first-order chi connectivity index (χ1) is 7.20. The van der Waals surface area contributed by atoms with Crippen LogP contribution in [0.2, 0.25) is 0 Å². The molecule has 1 rings (SSSR count). The van der Waals surface area contributed by atoms with Crippen LogP contribution in [0.1, 0.15) is 46.0 Å². The number of hydrogen-bond donors (Lipinski definition) is 1. The molecule has 0 aliphatic heterocycles. The topological polar surface area (TPSA) is 50.9 Å². The Bertz CT molecular complexity index is 261. The van der Waals surface area contributed by atoms with Gasteiger partial charge in [-0.3, -0.25) is 4.68 Å². The molecule has 1 N–H and O–H groups in total. The zero-order valence-corrected chi connectivity index (χ0v) is 9.69. The van der Waals surface area contributed by atoms with Gasteiger partial charge in [0.15, 0.2) is 0 Å². The van der Waals surface area contributed by atoms with Crippen molar-refractivity contribution >= 4 is 0 Å². The summed E-state index contributed by atoms with van der Waals surface area (Å²) in [6.07, 6.45) is 8.20. The SMILES string of the molecule is CCCCCC(O)(CC)Cn1cncn1. The number of hydrogen-bond acceptors (Lipinski definition) is 3. The van der Waals surface area contributed by atoms with Crippen molar-refractivity contribution in [2.24, 2.45) is 0 Å². The van der Waals surface area contributed by atoms with E-state index in [9.17, 15) is 5.11 Å². The molecular formula is C11H21N3O. The molecule has 86 valence electrons. The van der Waals surface area contributed by atoms with Crippen molar-refractivity contribution in [1.29, 1.82) is 0 Å². The standard InChI is InChI=1S/C11H21N3O/c1-3-5-6-7-11(15,4-2)8-14-10-12-9-13-14/h9-10,15H,3-8H2,1-2H3. The van der Waals surface area contributed by atoms with Crippen LogP contribution >= 0.6 is 0 Å². The van der Waals surface area contributed by atoms with Crippen LogP contribution in [0.4, 0.5) is 0 Å². The molecule has 0 amide bonds. The van der Waals surface area contributed by atoms with Gasteiger partial charge in [-0.25, -0.2) is 4.98 Å². The number of aromatic nitrogens is 3. The third kappa shape index (κ3) is 4.00. The lowest BCUT2D eigenvalue weighted by molar-refractivity contribution is 0.00500. The van der Waals surface area contributed by atoms with Crippen LogP contribution in [0, 0.1) is 0 Å². The van der Waals surface area contributed by atoms with Crippen LogP contribution < -0.4 is 0 Å². The number of rotatable bonds is 7. The van der Waals surface area contributed by atoms with Gasteiger partial charge in [-0.2, -0.15) is 5.10 Å². The first kappa shape index (κ1) is 12.2. The summed E-state index contributed by atoms with van der Waals surface area (Å²) in [6, 6.07) is 0. The molecule has 1 unspecified atom stereocenters. The van der Waals surface area contributed by atoms with Gasteiger partial charge >= 0.3 is 0 Å². The second-order valence-electron chi connectivity index (χ2n) is 4.13. The Hall–Kier alpha value is -0.900. The molecule has 15 heavy (non-hydrogen) atoms. The third-order valence-electron chi connectivity index (χ3n) is 2.83. The minimum Gasteiger partial charge on any atom is -0.388 e. The van der Waals surface area contributed by atoms with Gasteiger partial charge in [0.25, 0.3) is 0 Å². The highest BCUT2D eigenvalue weighted by molar-refractivity contribution is 4.77. The summed E-state index contributed by atoms with van der Waals surface area (Å²) in [6.45, 7) is 4.73. The highest BCUT2D eigenvalue weighted by Crippen LogP contribution is 2.20. The number of aliphatic hydroxyl groups is 1. The van der Waals surface area contributed by atoms with Crippen molar-refractivity contribution in [3.63, 3.8) is 0 Å². The van der Waals surface area contributed by atoms with Gasteiger partial charge in [0, 0.05) is 0 Å². The maximum atomic E-state index is 10.3. The van der Waals surface area contributed by atoms with E-state index in [0.29, 0.717) is 6.54 Å². The van der Waals surface area contributed by atoms with Crippen molar-refractivity contribution < 1.29 is 5.11 Å². The predicted molar refractivity (Wildman–Crippen MR) is 59.4 cm³/mol. The molecule has 1 atom stereocenters. The lowest BCUT2D eigenvalue weighted by Gasteiger charge is -2.26. The Labute approximate surface area is 91.3 Å². The van der Waals surface area contributed by atoms with E-state index in [4.69, 9.17) is 0 Å². The van der Waals surface area contributed by atoms with Crippen LogP contribution in [-0.4, -0.2) is 25.5 Å². The molecule has 0 saturated heterocycles. The molecule has 1 aromatic rings. The Kier molecular flexibility index (Phi) is 4.75. The van der Waals surface area contributed by atoms with Crippen LogP contribution in [0.5, 0.6) is 0 Å². The molecule has 1 aromatic heterocycles. The Morgan fingerprint density at radius 2 is 2.13 bits per heavy atom. The molecule has 0 aliphatic rings.